The van der Waals surface area contributed by atoms with E-state index in [0.717, 1.165) is 0 Å². The van der Waals surface area contributed by atoms with E-state index < -0.39 is 24.0 Å². The van der Waals surface area contributed by atoms with Gasteiger partial charge in [0.05, 0.1) is 36.3 Å². The Labute approximate surface area is 212 Å². The molecule has 6 N–H and O–H groups in total. The fraction of sp³-hybridized carbons (Fsp3) is 0.192. The molecule has 0 aromatic heterocycles. The van der Waals surface area contributed by atoms with Crippen LogP contribution < -0.4 is 31.2 Å². The monoisotopic (exact) mass is 510 g/mol. The number of rotatable bonds is 11. The van der Waals surface area contributed by atoms with E-state index in [9.17, 15) is 18.8 Å². The summed E-state index contributed by atoms with van der Waals surface area (Å²) in [6.07, 6.45) is -0.483. The SMILES string of the molecule is COc1cc(CC(=O)CNC(C)Oc2ccc(C(=O)O)cc2N)ccc1NC(=O)Nc1ccccc1F. The summed E-state index contributed by atoms with van der Waals surface area (Å²) in [7, 11) is 1.43. The van der Waals surface area contributed by atoms with Crippen molar-refractivity contribution in [2.75, 3.05) is 30.0 Å². The lowest BCUT2D eigenvalue weighted by molar-refractivity contribution is -0.118. The maximum atomic E-state index is 13.8. The van der Waals surface area contributed by atoms with Crippen LogP contribution in [-0.4, -0.2) is 42.8 Å². The molecule has 0 bridgehead atoms. The Hall–Kier alpha value is -4.64. The van der Waals surface area contributed by atoms with Gasteiger partial charge in [0.25, 0.3) is 0 Å². The van der Waals surface area contributed by atoms with Gasteiger partial charge >= 0.3 is 12.0 Å². The summed E-state index contributed by atoms with van der Waals surface area (Å²) in [5.74, 6) is -1.17. The molecular weight excluding hydrogens is 483 g/mol. The number of ketones is 1. The summed E-state index contributed by atoms with van der Waals surface area (Å²) in [5, 5.41) is 17.0. The molecule has 1 atom stereocenters. The molecule has 0 radical (unpaired) electrons. The van der Waals surface area contributed by atoms with E-state index in [0.29, 0.717) is 22.7 Å². The average molecular weight is 511 g/mol. The summed E-state index contributed by atoms with van der Waals surface area (Å²) < 4.78 is 24.7. The quantitative estimate of drug-likeness (QED) is 0.192. The van der Waals surface area contributed by atoms with Crippen LogP contribution in [0.15, 0.2) is 60.7 Å². The van der Waals surface area contributed by atoms with Crippen molar-refractivity contribution in [3.63, 3.8) is 0 Å². The van der Waals surface area contributed by atoms with E-state index in [1.54, 1.807) is 31.2 Å². The second-order valence-electron chi connectivity index (χ2n) is 8.01. The number of ether oxygens (including phenoxy) is 2. The molecule has 0 saturated heterocycles. The van der Waals surface area contributed by atoms with E-state index in [1.165, 1.54) is 43.5 Å². The van der Waals surface area contributed by atoms with Crippen LogP contribution in [0.1, 0.15) is 22.8 Å². The molecule has 0 fully saturated rings. The number of benzene rings is 3. The van der Waals surface area contributed by atoms with Crippen LogP contribution in [0.5, 0.6) is 11.5 Å². The van der Waals surface area contributed by atoms with Gasteiger partial charge in [-0.2, -0.15) is 0 Å². The number of halogens is 1. The van der Waals surface area contributed by atoms with Gasteiger partial charge in [-0.25, -0.2) is 14.0 Å². The zero-order valence-electron chi connectivity index (χ0n) is 20.2. The van der Waals surface area contributed by atoms with Crippen molar-refractivity contribution in [2.24, 2.45) is 0 Å². The molecule has 1 unspecified atom stereocenters. The summed E-state index contributed by atoms with van der Waals surface area (Å²) in [5.41, 5.74) is 7.09. The highest BCUT2D eigenvalue weighted by Crippen LogP contribution is 2.27. The molecule has 2 amide bonds. The lowest BCUT2D eigenvalue weighted by atomic mass is 10.1. The zero-order chi connectivity index (χ0) is 26.9. The van der Waals surface area contributed by atoms with Crippen LogP contribution in [0, 0.1) is 5.82 Å². The fourth-order valence-corrected chi connectivity index (χ4v) is 3.36. The predicted octanol–water partition coefficient (Wildman–Crippen LogP) is 3.88. The van der Waals surface area contributed by atoms with Crippen molar-refractivity contribution in [1.29, 1.82) is 0 Å². The Balaban J connectivity index is 1.52. The number of carbonyl (C=O) groups is 3. The van der Waals surface area contributed by atoms with Crippen LogP contribution in [-0.2, 0) is 11.2 Å². The van der Waals surface area contributed by atoms with Gasteiger partial charge in [-0.05, 0) is 55.0 Å². The van der Waals surface area contributed by atoms with Crippen LogP contribution >= 0.6 is 0 Å². The summed E-state index contributed by atoms with van der Waals surface area (Å²) in [6, 6.07) is 14.1. The van der Waals surface area contributed by atoms with Gasteiger partial charge in [0.2, 0.25) is 0 Å². The standard InChI is InChI=1S/C26H27FN4O6/c1-15(37-23-10-8-17(25(33)34)13-20(23)28)29-14-18(32)11-16-7-9-22(24(12-16)36-2)31-26(35)30-21-6-4-3-5-19(21)27/h3-10,12-13,15,29H,11,14,28H2,1-2H3,(H,33,34)(H2,30,31,35). The van der Waals surface area contributed by atoms with Crippen LogP contribution in [0.2, 0.25) is 0 Å². The zero-order valence-corrected chi connectivity index (χ0v) is 20.2. The molecule has 3 aromatic carbocycles. The number of carboxylic acids is 1. The van der Waals surface area contributed by atoms with Gasteiger partial charge in [0, 0.05) is 6.42 Å². The number of hydrogen-bond donors (Lipinski definition) is 5. The molecule has 0 aliphatic rings. The molecule has 11 heteroatoms. The number of urea groups is 1. The third-order valence-corrected chi connectivity index (χ3v) is 5.18. The van der Waals surface area contributed by atoms with Gasteiger partial charge in [-0.1, -0.05) is 18.2 Å². The molecule has 194 valence electrons. The van der Waals surface area contributed by atoms with Crippen molar-refractivity contribution in [3.8, 4) is 11.5 Å². The Morgan fingerprint density at radius 3 is 2.41 bits per heavy atom. The molecule has 0 aliphatic carbocycles. The van der Waals surface area contributed by atoms with Gasteiger partial charge < -0.3 is 30.9 Å². The van der Waals surface area contributed by atoms with Crippen LogP contribution in [0.4, 0.5) is 26.2 Å². The number of para-hydroxylation sites is 1. The maximum absolute atomic E-state index is 13.8. The molecule has 0 heterocycles. The topological polar surface area (TPSA) is 152 Å². The largest absolute Gasteiger partial charge is 0.495 e. The Morgan fingerprint density at radius 1 is 1.00 bits per heavy atom. The van der Waals surface area contributed by atoms with Gasteiger partial charge in [-0.3, -0.25) is 10.1 Å². The number of carboxylic acid groups (broad SMARTS) is 1. The van der Waals surface area contributed by atoms with Crippen LogP contribution in [0.3, 0.4) is 0 Å². The van der Waals surface area contributed by atoms with Crippen molar-refractivity contribution < 1.29 is 33.4 Å². The first-order valence-corrected chi connectivity index (χ1v) is 11.2. The van der Waals surface area contributed by atoms with Crippen molar-refractivity contribution in [2.45, 2.75) is 19.6 Å². The molecular formula is C26H27FN4O6. The third-order valence-electron chi connectivity index (χ3n) is 5.18. The first kappa shape index (κ1) is 27.0. The highest BCUT2D eigenvalue weighted by atomic mass is 19.1. The molecule has 3 rings (SSSR count). The maximum Gasteiger partial charge on any atom is 0.335 e. The summed E-state index contributed by atoms with van der Waals surface area (Å²) in [6.45, 7) is 1.69. The highest BCUT2D eigenvalue weighted by Gasteiger charge is 2.14. The van der Waals surface area contributed by atoms with Gasteiger partial charge in [0.15, 0.2) is 5.78 Å². The summed E-state index contributed by atoms with van der Waals surface area (Å²) in [4.78, 5) is 35.8. The fourth-order valence-electron chi connectivity index (χ4n) is 3.36. The molecule has 10 nitrogen and oxygen atoms in total. The number of anilines is 3. The Bertz CT molecular complexity index is 1300. The second-order valence-corrected chi connectivity index (χ2v) is 8.01. The number of methoxy groups -OCH3 is 1. The molecule has 37 heavy (non-hydrogen) atoms. The van der Waals surface area contributed by atoms with E-state index in [1.807, 2.05) is 0 Å². The number of aromatic carboxylic acids is 1. The minimum absolute atomic E-state index is 0.00163. The lowest BCUT2D eigenvalue weighted by Crippen LogP contribution is -2.36. The number of nitrogens with two attached hydrogens (primary N) is 1. The Morgan fingerprint density at radius 2 is 1.73 bits per heavy atom. The number of hydrogen-bond acceptors (Lipinski definition) is 7. The first-order chi connectivity index (χ1) is 17.7. The van der Waals surface area contributed by atoms with Crippen LogP contribution in [0.25, 0.3) is 0 Å². The van der Waals surface area contributed by atoms with E-state index >= 15 is 0 Å². The van der Waals surface area contributed by atoms with E-state index in [-0.39, 0.29) is 35.7 Å². The minimum atomic E-state index is -1.10. The predicted molar refractivity (Wildman–Crippen MR) is 137 cm³/mol. The van der Waals surface area contributed by atoms with E-state index in [4.69, 9.17) is 20.3 Å². The normalized spacial score (nSPS) is 11.3. The average Bonchev–Trinajstić information content (AvgIpc) is 2.86. The number of Topliss-reactive ketones (excluding diaryl/α,β-unsaturated/α-hetero) is 1. The lowest BCUT2D eigenvalue weighted by Gasteiger charge is -2.17. The van der Waals surface area contributed by atoms with Gasteiger partial charge in [-0.15, -0.1) is 0 Å². The molecule has 0 saturated carbocycles. The number of nitrogens with one attached hydrogen (secondary N) is 3. The summed E-state index contributed by atoms with van der Waals surface area (Å²) >= 11 is 0. The number of carbonyl (C=O) groups excluding carboxylic acids is 2. The minimum Gasteiger partial charge on any atom is -0.495 e. The van der Waals surface area contributed by atoms with Crippen molar-refractivity contribution in [3.05, 3.63) is 77.6 Å². The van der Waals surface area contributed by atoms with E-state index in [2.05, 4.69) is 16.0 Å². The van der Waals surface area contributed by atoms with Crippen molar-refractivity contribution in [1.82, 2.24) is 5.32 Å². The highest BCUT2D eigenvalue weighted by molar-refractivity contribution is 6.00. The number of nitrogen functional groups attached to an aromatic ring is 1. The molecule has 0 spiro atoms. The number of amides is 2. The Kier molecular flexibility index (Phi) is 9.00. The van der Waals surface area contributed by atoms with Crippen molar-refractivity contribution >= 4 is 34.8 Å². The molecule has 0 aliphatic heterocycles. The smallest absolute Gasteiger partial charge is 0.335 e. The second kappa shape index (κ2) is 12.4. The third kappa shape index (κ3) is 7.67. The first-order valence-electron chi connectivity index (χ1n) is 11.2. The van der Waals surface area contributed by atoms with Gasteiger partial charge in [0.1, 0.15) is 23.5 Å². The molecule has 3 aromatic rings.